The molecule has 0 saturated carbocycles. The Bertz CT molecular complexity index is 514. The van der Waals surface area contributed by atoms with Gasteiger partial charge in [-0.3, -0.25) is 0 Å². The van der Waals surface area contributed by atoms with Crippen molar-refractivity contribution in [3.05, 3.63) is 6.20 Å². The van der Waals surface area contributed by atoms with Crippen LogP contribution in [0.25, 0.3) is 11.2 Å². The SMILES string of the molecule is CCCCC(C)Sc1nc2nc(OC)ncc2[nH]1. The molecule has 2 rings (SSSR count). The van der Waals surface area contributed by atoms with Crippen LogP contribution in [-0.4, -0.2) is 32.3 Å². The van der Waals surface area contributed by atoms with Crippen LogP contribution in [0.5, 0.6) is 6.01 Å². The number of fused-ring (bicyclic) bond motifs is 1. The number of rotatable bonds is 6. The predicted octanol–water partition coefficient (Wildman–Crippen LogP) is 3.03. The van der Waals surface area contributed by atoms with Crippen LogP contribution < -0.4 is 4.74 Å². The highest BCUT2D eigenvalue weighted by atomic mass is 32.2. The molecule has 18 heavy (non-hydrogen) atoms. The van der Waals surface area contributed by atoms with Gasteiger partial charge in [0.2, 0.25) is 0 Å². The maximum Gasteiger partial charge on any atom is 0.318 e. The summed E-state index contributed by atoms with van der Waals surface area (Å²) in [6, 6.07) is 0.351. The minimum atomic E-state index is 0.351. The van der Waals surface area contributed by atoms with Crippen LogP contribution in [0, 0.1) is 0 Å². The maximum atomic E-state index is 4.98. The number of nitrogens with one attached hydrogen (secondary N) is 1. The fourth-order valence-electron chi connectivity index (χ4n) is 1.67. The van der Waals surface area contributed by atoms with Crippen molar-refractivity contribution in [3.8, 4) is 6.01 Å². The van der Waals surface area contributed by atoms with E-state index < -0.39 is 0 Å². The van der Waals surface area contributed by atoms with Crippen LogP contribution in [0.1, 0.15) is 33.1 Å². The number of imidazole rings is 1. The third-order valence-corrected chi connectivity index (χ3v) is 3.71. The van der Waals surface area contributed by atoms with Crippen molar-refractivity contribution in [2.24, 2.45) is 0 Å². The van der Waals surface area contributed by atoms with Crippen molar-refractivity contribution in [2.45, 2.75) is 43.5 Å². The van der Waals surface area contributed by atoms with Gasteiger partial charge in [0.1, 0.15) is 5.52 Å². The van der Waals surface area contributed by atoms with Crippen molar-refractivity contribution in [2.75, 3.05) is 7.11 Å². The molecule has 0 spiro atoms. The first-order chi connectivity index (χ1) is 8.72. The molecule has 0 radical (unpaired) electrons. The summed E-state index contributed by atoms with van der Waals surface area (Å²) in [6.07, 6.45) is 5.39. The molecule has 0 fully saturated rings. The zero-order valence-electron chi connectivity index (χ0n) is 10.9. The summed E-state index contributed by atoms with van der Waals surface area (Å²) in [4.78, 5) is 15.9. The van der Waals surface area contributed by atoms with Crippen molar-refractivity contribution in [1.29, 1.82) is 0 Å². The van der Waals surface area contributed by atoms with Crippen molar-refractivity contribution in [3.63, 3.8) is 0 Å². The van der Waals surface area contributed by atoms with Gasteiger partial charge in [-0.2, -0.15) is 4.98 Å². The van der Waals surface area contributed by atoms with Gasteiger partial charge in [0.05, 0.1) is 13.3 Å². The Morgan fingerprint density at radius 1 is 1.44 bits per heavy atom. The zero-order chi connectivity index (χ0) is 13.0. The van der Waals surface area contributed by atoms with Crippen molar-refractivity contribution >= 4 is 22.9 Å². The van der Waals surface area contributed by atoms with Crippen LogP contribution in [0.15, 0.2) is 11.4 Å². The summed E-state index contributed by atoms with van der Waals surface area (Å²) in [6.45, 7) is 4.43. The lowest BCUT2D eigenvalue weighted by atomic mass is 10.2. The van der Waals surface area contributed by atoms with E-state index in [1.165, 1.54) is 19.3 Å². The summed E-state index contributed by atoms with van der Waals surface area (Å²) in [7, 11) is 1.55. The van der Waals surface area contributed by atoms with Gasteiger partial charge >= 0.3 is 6.01 Å². The highest BCUT2D eigenvalue weighted by molar-refractivity contribution is 7.99. The van der Waals surface area contributed by atoms with Gasteiger partial charge in [-0.15, -0.1) is 0 Å². The molecule has 0 aromatic carbocycles. The first-order valence-corrected chi connectivity index (χ1v) is 7.04. The van der Waals surface area contributed by atoms with E-state index in [0.717, 1.165) is 10.7 Å². The van der Waals surface area contributed by atoms with Gasteiger partial charge in [-0.25, -0.2) is 9.97 Å². The number of unbranched alkanes of at least 4 members (excludes halogenated alkanes) is 1. The first-order valence-electron chi connectivity index (χ1n) is 6.16. The molecule has 0 saturated heterocycles. The third-order valence-electron chi connectivity index (χ3n) is 2.66. The Hall–Kier alpha value is -1.30. The number of nitrogens with zero attached hydrogens (tertiary/aromatic N) is 3. The van der Waals surface area contributed by atoms with Crippen LogP contribution in [-0.2, 0) is 0 Å². The summed E-state index contributed by atoms with van der Waals surface area (Å²) in [5, 5.41) is 1.46. The average molecular weight is 266 g/mol. The Balaban J connectivity index is 2.09. The molecule has 5 nitrogen and oxygen atoms in total. The number of hydrogen-bond acceptors (Lipinski definition) is 5. The van der Waals surface area contributed by atoms with Gasteiger partial charge in [0, 0.05) is 5.25 Å². The van der Waals surface area contributed by atoms with E-state index in [0.29, 0.717) is 16.9 Å². The third kappa shape index (κ3) is 3.13. The second kappa shape index (κ2) is 6.04. The molecule has 0 bridgehead atoms. The molecular formula is C12H18N4OS. The number of aromatic nitrogens is 4. The van der Waals surface area contributed by atoms with E-state index in [-0.39, 0.29) is 0 Å². The normalized spacial score (nSPS) is 12.8. The van der Waals surface area contributed by atoms with Gasteiger partial charge in [0.25, 0.3) is 0 Å². The molecule has 1 N–H and O–H groups in total. The summed E-state index contributed by atoms with van der Waals surface area (Å²) >= 11 is 1.75. The lowest BCUT2D eigenvalue weighted by Gasteiger charge is -2.06. The van der Waals surface area contributed by atoms with E-state index in [1.54, 1.807) is 25.1 Å². The summed E-state index contributed by atoms with van der Waals surface area (Å²) in [5.74, 6) is 0. The zero-order valence-corrected chi connectivity index (χ0v) is 11.8. The standard InChI is InChI=1S/C12H18N4OS/c1-4-5-6-8(2)18-12-14-9-7-13-11(17-3)15-10(9)16-12/h7-8H,4-6H2,1-3H3,(H,13,14,15,16). The minimum Gasteiger partial charge on any atom is -0.467 e. The molecule has 98 valence electrons. The van der Waals surface area contributed by atoms with E-state index in [9.17, 15) is 0 Å². The Morgan fingerprint density at radius 2 is 2.28 bits per heavy atom. The van der Waals surface area contributed by atoms with Crippen molar-refractivity contribution < 1.29 is 4.74 Å². The second-order valence-electron chi connectivity index (χ2n) is 4.21. The molecule has 0 aliphatic heterocycles. The quantitative estimate of drug-likeness (QED) is 0.814. The van der Waals surface area contributed by atoms with Crippen LogP contribution in [0.4, 0.5) is 0 Å². The number of ether oxygens (including phenoxy) is 1. The second-order valence-corrected chi connectivity index (χ2v) is 5.63. The number of H-pyrrole nitrogens is 1. The molecule has 6 heteroatoms. The summed E-state index contributed by atoms with van der Waals surface area (Å²) in [5.41, 5.74) is 1.51. The topological polar surface area (TPSA) is 63.7 Å². The lowest BCUT2D eigenvalue weighted by Crippen LogP contribution is -1.95. The average Bonchev–Trinajstić information content (AvgIpc) is 2.77. The molecule has 1 atom stereocenters. The maximum absolute atomic E-state index is 4.98. The van der Waals surface area contributed by atoms with Crippen molar-refractivity contribution in [1.82, 2.24) is 19.9 Å². The first kappa shape index (κ1) is 13.1. The number of thioether (sulfide) groups is 1. The molecule has 2 aromatic rings. The highest BCUT2D eigenvalue weighted by Crippen LogP contribution is 2.25. The highest BCUT2D eigenvalue weighted by Gasteiger charge is 2.10. The van der Waals surface area contributed by atoms with Gasteiger partial charge < -0.3 is 9.72 Å². The van der Waals surface area contributed by atoms with Gasteiger partial charge in [-0.05, 0) is 6.42 Å². The molecule has 2 heterocycles. The Morgan fingerprint density at radius 3 is 3.00 bits per heavy atom. The fourth-order valence-corrected chi connectivity index (χ4v) is 2.64. The van der Waals surface area contributed by atoms with E-state index in [1.807, 2.05) is 0 Å². The van der Waals surface area contributed by atoms with E-state index in [4.69, 9.17) is 4.74 Å². The molecule has 1 unspecified atom stereocenters. The Labute approximate surface area is 111 Å². The number of methoxy groups -OCH3 is 1. The van der Waals surface area contributed by atoms with Gasteiger partial charge in [-0.1, -0.05) is 38.5 Å². The molecular weight excluding hydrogens is 248 g/mol. The fraction of sp³-hybridized carbons (Fsp3) is 0.583. The van der Waals surface area contributed by atoms with Crippen LogP contribution in [0.3, 0.4) is 0 Å². The predicted molar refractivity (Wildman–Crippen MR) is 73.1 cm³/mol. The minimum absolute atomic E-state index is 0.351. The smallest absolute Gasteiger partial charge is 0.318 e. The summed E-state index contributed by atoms with van der Waals surface area (Å²) < 4.78 is 4.98. The largest absolute Gasteiger partial charge is 0.467 e. The number of aromatic amines is 1. The van der Waals surface area contributed by atoms with E-state index in [2.05, 4.69) is 33.8 Å². The molecule has 0 aliphatic carbocycles. The van der Waals surface area contributed by atoms with Gasteiger partial charge in [0.15, 0.2) is 10.8 Å². The molecule has 0 amide bonds. The van der Waals surface area contributed by atoms with Crippen LogP contribution >= 0.6 is 11.8 Å². The van der Waals surface area contributed by atoms with Crippen LogP contribution in [0.2, 0.25) is 0 Å². The lowest BCUT2D eigenvalue weighted by molar-refractivity contribution is 0.381. The molecule has 0 aliphatic rings. The molecule has 2 aromatic heterocycles. The monoisotopic (exact) mass is 266 g/mol. The Kier molecular flexibility index (Phi) is 4.41. The van der Waals surface area contributed by atoms with E-state index >= 15 is 0 Å². The number of hydrogen-bond donors (Lipinski definition) is 1.